The molecule has 5 rings (SSSR count). The molecule has 1 aliphatic heterocycles. The van der Waals surface area contributed by atoms with Crippen molar-refractivity contribution < 1.29 is 14.3 Å². The molecular formula is C21H18N4O4. The first kappa shape index (κ1) is 17.3. The standard InChI is InChI=1S/C21H18N4O4/c1-12-3-6-18-23-19-14(21(27)25(18)11-12)10-15(24(19)2)20(26)22-13-4-5-16-17(9-13)29-8-7-28-16/h3-6,9-11H,7-8H2,1-2H3,(H,22,26). The third-order valence-electron chi connectivity index (χ3n) is 4.98. The third kappa shape index (κ3) is 2.80. The summed E-state index contributed by atoms with van der Waals surface area (Å²) in [6, 6.07) is 10.5. The van der Waals surface area contributed by atoms with Crippen molar-refractivity contribution in [2.75, 3.05) is 18.5 Å². The molecule has 4 aromatic rings. The minimum Gasteiger partial charge on any atom is -0.486 e. The maximum absolute atomic E-state index is 12.9. The second kappa shape index (κ2) is 6.37. The van der Waals surface area contributed by atoms with Gasteiger partial charge in [-0.1, -0.05) is 6.07 Å². The average molecular weight is 390 g/mol. The van der Waals surface area contributed by atoms with Crippen LogP contribution in [-0.4, -0.2) is 33.1 Å². The van der Waals surface area contributed by atoms with Crippen LogP contribution in [0.3, 0.4) is 0 Å². The van der Waals surface area contributed by atoms with E-state index < -0.39 is 0 Å². The zero-order valence-electron chi connectivity index (χ0n) is 15.9. The summed E-state index contributed by atoms with van der Waals surface area (Å²) < 4.78 is 14.2. The van der Waals surface area contributed by atoms with Crippen molar-refractivity contribution >= 4 is 28.3 Å². The summed E-state index contributed by atoms with van der Waals surface area (Å²) in [5.74, 6) is 0.900. The van der Waals surface area contributed by atoms with Crippen molar-refractivity contribution in [1.29, 1.82) is 0 Å². The van der Waals surface area contributed by atoms with Crippen molar-refractivity contribution in [1.82, 2.24) is 14.0 Å². The Hall–Kier alpha value is -3.81. The number of nitrogens with zero attached hydrogens (tertiary/aromatic N) is 3. The lowest BCUT2D eigenvalue weighted by Crippen LogP contribution is -2.17. The first-order valence-electron chi connectivity index (χ1n) is 9.21. The lowest BCUT2D eigenvalue weighted by Gasteiger charge is -2.19. The predicted molar refractivity (Wildman–Crippen MR) is 108 cm³/mol. The molecule has 1 amide bonds. The van der Waals surface area contributed by atoms with Crippen LogP contribution in [0.4, 0.5) is 5.69 Å². The highest BCUT2D eigenvalue weighted by Gasteiger charge is 2.19. The van der Waals surface area contributed by atoms with E-state index in [0.29, 0.717) is 52.8 Å². The van der Waals surface area contributed by atoms with Gasteiger partial charge in [0.25, 0.3) is 11.5 Å². The molecule has 8 heteroatoms. The van der Waals surface area contributed by atoms with E-state index >= 15 is 0 Å². The fourth-order valence-electron chi connectivity index (χ4n) is 3.51. The number of aromatic nitrogens is 3. The number of pyridine rings is 1. The van der Waals surface area contributed by atoms with Gasteiger partial charge in [-0.3, -0.25) is 14.0 Å². The van der Waals surface area contributed by atoms with E-state index in [2.05, 4.69) is 10.3 Å². The van der Waals surface area contributed by atoms with Crippen molar-refractivity contribution in [3.63, 3.8) is 0 Å². The third-order valence-corrected chi connectivity index (χ3v) is 4.98. The monoisotopic (exact) mass is 390 g/mol. The fraction of sp³-hybridized carbons (Fsp3) is 0.190. The van der Waals surface area contributed by atoms with Gasteiger partial charge in [-0.25, -0.2) is 4.98 Å². The molecule has 0 fully saturated rings. The molecule has 0 bridgehead atoms. The van der Waals surface area contributed by atoms with Crippen LogP contribution in [0, 0.1) is 6.92 Å². The molecule has 8 nitrogen and oxygen atoms in total. The highest BCUT2D eigenvalue weighted by Crippen LogP contribution is 2.32. The topological polar surface area (TPSA) is 86.9 Å². The number of rotatable bonds is 2. The molecule has 1 aromatic carbocycles. The molecule has 4 heterocycles. The van der Waals surface area contributed by atoms with Crippen LogP contribution in [0.5, 0.6) is 11.5 Å². The van der Waals surface area contributed by atoms with Gasteiger partial charge in [-0.15, -0.1) is 0 Å². The second-order valence-corrected chi connectivity index (χ2v) is 6.99. The number of benzene rings is 1. The molecule has 3 aromatic heterocycles. The zero-order valence-corrected chi connectivity index (χ0v) is 15.9. The van der Waals surface area contributed by atoms with Gasteiger partial charge in [0.2, 0.25) is 0 Å². The van der Waals surface area contributed by atoms with Crippen LogP contribution in [-0.2, 0) is 7.05 Å². The first-order valence-corrected chi connectivity index (χ1v) is 9.21. The zero-order chi connectivity index (χ0) is 20.1. The van der Waals surface area contributed by atoms with E-state index in [0.717, 1.165) is 5.56 Å². The number of aryl methyl sites for hydroxylation is 2. The predicted octanol–water partition coefficient (Wildman–Crippen LogP) is 2.52. The number of ether oxygens (including phenoxy) is 2. The van der Waals surface area contributed by atoms with E-state index in [-0.39, 0.29) is 11.5 Å². The largest absolute Gasteiger partial charge is 0.486 e. The number of carbonyl (C=O) groups is 1. The maximum Gasteiger partial charge on any atom is 0.272 e. The molecule has 0 saturated heterocycles. The van der Waals surface area contributed by atoms with Gasteiger partial charge in [0.05, 0.1) is 5.39 Å². The highest BCUT2D eigenvalue weighted by molar-refractivity contribution is 6.06. The van der Waals surface area contributed by atoms with Gasteiger partial charge in [-0.2, -0.15) is 0 Å². The molecule has 0 radical (unpaired) electrons. The highest BCUT2D eigenvalue weighted by atomic mass is 16.6. The number of hydrogen-bond acceptors (Lipinski definition) is 5. The Morgan fingerprint density at radius 2 is 1.90 bits per heavy atom. The summed E-state index contributed by atoms with van der Waals surface area (Å²) in [6.07, 6.45) is 1.74. The Morgan fingerprint density at radius 1 is 1.10 bits per heavy atom. The van der Waals surface area contributed by atoms with Crippen molar-refractivity contribution in [3.8, 4) is 11.5 Å². The van der Waals surface area contributed by atoms with Crippen molar-refractivity contribution in [2.24, 2.45) is 7.05 Å². The summed E-state index contributed by atoms with van der Waals surface area (Å²) >= 11 is 0. The molecule has 0 atom stereocenters. The Morgan fingerprint density at radius 3 is 2.72 bits per heavy atom. The van der Waals surface area contributed by atoms with Gasteiger partial charge in [-0.05, 0) is 36.8 Å². The smallest absolute Gasteiger partial charge is 0.272 e. The number of hydrogen-bond donors (Lipinski definition) is 1. The van der Waals surface area contributed by atoms with Gasteiger partial charge in [0.15, 0.2) is 11.5 Å². The molecule has 1 aliphatic rings. The quantitative estimate of drug-likeness (QED) is 0.568. The summed E-state index contributed by atoms with van der Waals surface area (Å²) in [6.45, 7) is 2.88. The van der Waals surface area contributed by atoms with E-state index in [4.69, 9.17) is 9.47 Å². The molecule has 29 heavy (non-hydrogen) atoms. The van der Waals surface area contributed by atoms with Crippen LogP contribution in [0.1, 0.15) is 16.1 Å². The number of nitrogens with one attached hydrogen (secondary N) is 1. The minimum atomic E-state index is -0.341. The minimum absolute atomic E-state index is 0.206. The maximum atomic E-state index is 12.9. The van der Waals surface area contributed by atoms with Gasteiger partial charge in [0, 0.05) is 25.0 Å². The SMILES string of the molecule is Cc1ccc2nc3c(cc(C(=O)Nc4ccc5c(c4)OCCO5)n3C)c(=O)n2c1. The number of amides is 1. The first-order chi connectivity index (χ1) is 14.0. The average Bonchev–Trinajstić information content (AvgIpc) is 3.05. The van der Waals surface area contributed by atoms with E-state index in [1.165, 1.54) is 4.40 Å². The molecule has 0 aliphatic carbocycles. The van der Waals surface area contributed by atoms with E-state index in [9.17, 15) is 9.59 Å². The fourth-order valence-corrected chi connectivity index (χ4v) is 3.51. The Balaban J connectivity index is 1.55. The summed E-state index contributed by atoms with van der Waals surface area (Å²) in [7, 11) is 1.72. The van der Waals surface area contributed by atoms with E-state index in [1.807, 2.05) is 13.0 Å². The number of anilines is 1. The molecular weight excluding hydrogens is 372 g/mol. The number of carbonyl (C=O) groups excluding carboxylic acids is 1. The van der Waals surface area contributed by atoms with Crippen molar-refractivity contribution in [3.05, 3.63) is 64.2 Å². The van der Waals surface area contributed by atoms with Crippen LogP contribution in [0.15, 0.2) is 47.4 Å². The van der Waals surface area contributed by atoms with E-state index in [1.54, 1.807) is 48.1 Å². The lowest BCUT2D eigenvalue weighted by molar-refractivity contribution is 0.101. The summed E-state index contributed by atoms with van der Waals surface area (Å²) in [5.41, 5.74) is 2.66. The lowest BCUT2D eigenvalue weighted by atomic mass is 10.2. The Kier molecular flexibility index (Phi) is 3.80. The van der Waals surface area contributed by atoms with Crippen LogP contribution in [0.25, 0.3) is 16.7 Å². The van der Waals surface area contributed by atoms with Crippen molar-refractivity contribution in [2.45, 2.75) is 6.92 Å². The van der Waals surface area contributed by atoms with Gasteiger partial charge < -0.3 is 19.4 Å². The normalized spacial score (nSPS) is 13.0. The molecule has 1 N–H and O–H groups in total. The second-order valence-electron chi connectivity index (χ2n) is 6.99. The van der Waals surface area contributed by atoms with Crippen LogP contribution >= 0.6 is 0 Å². The number of fused-ring (bicyclic) bond motifs is 3. The molecule has 146 valence electrons. The van der Waals surface area contributed by atoms with Crippen LogP contribution < -0.4 is 20.3 Å². The van der Waals surface area contributed by atoms with Crippen LogP contribution in [0.2, 0.25) is 0 Å². The Bertz CT molecular complexity index is 1350. The summed E-state index contributed by atoms with van der Waals surface area (Å²) in [4.78, 5) is 30.3. The van der Waals surface area contributed by atoms with Gasteiger partial charge in [0.1, 0.15) is 30.2 Å². The summed E-state index contributed by atoms with van der Waals surface area (Å²) in [5, 5.41) is 3.24. The molecule has 0 unspecified atom stereocenters. The molecule has 0 saturated carbocycles. The Labute approximate surface area is 165 Å². The van der Waals surface area contributed by atoms with Gasteiger partial charge >= 0.3 is 0 Å². The molecule has 0 spiro atoms.